The molecular weight excluding hydrogens is 306 g/mol. The highest BCUT2D eigenvalue weighted by molar-refractivity contribution is 7.91. The maximum Gasteiger partial charge on any atom is 0.308 e. The van der Waals surface area contributed by atoms with Crippen molar-refractivity contribution in [1.82, 2.24) is 5.32 Å². The van der Waals surface area contributed by atoms with Crippen molar-refractivity contribution in [2.45, 2.75) is 37.1 Å². The topological polar surface area (TPSA) is 101 Å². The average Bonchev–Trinajstić information content (AvgIpc) is 2.95. The quantitative estimate of drug-likeness (QED) is 0.853. The molecule has 6 nitrogen and oxygen atoms in total. The van der Waals surface area contributed by atoms with Crippen LogP contribution < -0.4 is 5.32 Å². The third-order valence-electron chi connectivity index (χ3n) is 4.01. The van der Waals surface area contributed by atoms with Crippen LogP contribution in [0.2, 0.25) is 0 Å². The summed E-state index contributed by atoms with van der Waals surface area (Å²) in [7, 11) is -3.29. The number of hydrogen-bond donors (Lipinski definition) is 2. The highest BCUT2D eigenvalue weighted by Crippen LogP contribution is 2.26. The van der Waals surface area contributed by atoms with Crippen LogP contribution in [-0.2, 0) is 14.6 Å². The number of benzene rings is 1. The van der Waals surface area contributed by atoms with Gasteiger partial charge < -0.3 is 10.4 Å². The van der Waals surface area contributed by atoms with Gasteiger partial charge in [0.25, 0.3) is 5.91 Å². The number of aliphatic carboxylic acids is 1. The summed E-state index contributed by atoms with van der Waals surface area (Å²) in [5, 5.41) is 11.8. The van der Waals surface area contributed by atoms with Crippen molar-refractivity contribution in [1.29, 1.82) is 0 Å². The Morgan fingerprint density at radius 1 is 1.23 bits per heavy atom. The third kappa shape index (κ3) is 3.47. The fourth-order valence-electron chi connectivity index (χ4n) is 2.66. The first-order valence-electron chi connectivity index (χ1n) is 7.21. The van der Waals surface area contributed by atoms with Crippen LogP contribution in [0.4, 0.5) is 0 Å². The molecule has 120 valence electrons. The SMILES string of the molecule is CCS(=O)(=O)c1ccc(C(=O)N[C@@H]2CCC[C@@H]2C(=O)O)cc1. The molecule has 0 bridgehead atoms. The smallest absolute Gasteiger partial charge is 0.308 e. The zero-order valence-corrected chi connectivity index (χ0v) is 13.1. The first kappa shape index (κ1) is 16.5. The van der Waals surface area contributed by atoms with E-state index in [1.165, 1.54) is 24.3 Å². The van der Waals surface area contributed by atoms with E-state index in [-0.39, 0.29) is 22.6 Å². The highest BCUT2D eigenvalue weighted by atomic mass is 32.2. The number of sulfone groups is 1. The van der Waals surface area contributed by atoms with E-state index in [4.69, 9.17) is 5.11 Å². The lowest BCUT2D eigenvalue weighted by atomic mass is 10.0. The molecule has 0 aromatic heterocycles. The second-order valence-electron chi connectivity index (χ2n) is 5.38. The summed E-state index contributed by atoms with van der Waals surface area (Å²) in [4.78, 5) is 23.4. The Balaban J connectivity index is 2.09. The van der Waals surface area contributed by atoms with Gasteiger partial charge in [-0.15, -0.1) is 0 Å². The lowest BCUT2D eigenvalue weighted by Crippen LogP contribution is -2.40. The number of carbonyl (C=O) groups is 2. The van der Waals surface area contributed by atoms with Crippen molar-refractivity contribution in [3.05, 3.63) is 29.8 Å². The minimum Gasteiger partial charge on any atom is -0.481 e. The van der Waals surface area contributed by atoms with Crippen molar-refractivity contribution < 1.29 is 23.1 Å². The van der Waals surface area contributed by atoms with Crippen LogP contribution in [0.25, 0.3) is 0 Å². The van der Waals surface area contributed by atoms with E-state index in [9.17, 15) is 18.0 Å². The highest BCUT2D eigenvalue weighted by Gasteiger charge is 2.34. The molecule has 1 aliphatic carbocycles. The standard InChI is InChI=1S/C15H19NO5S/c1-2-22(20,21)11-8-6-10(7-9-11)14(17)16-13-5-3-4-12(13)15(18)19/h6-9,12-13H,2-5H2,1H3,(H,16,17)(H,18,19)/t12-,13+/m0/s1. The van der Waals surface area contributed by atoms with Gasteiger partial charge in [-0.1, -0.05) is 13.3 Å². The Morgan fingerprint density at radius 2 is 1.86 bits per heavy atom. The van der Waals surface area contributed by atoms with Crippen molar-refractivity contribution >= 4 is 21.7 Å². The van der Waals surface area contributed by atoms with E-state index in [1.807, 2.05) is 0 Å². The molecular formula is C15H19NO5S. The van der Waals surface area contributed by atoms with Gasteiger partial charge in [0.05, 0.1) is 16.6 Å². The number of carbonyl (C=O) groups excluding carboxylic acids is 1. The molecule has 1 fully saturated rings. The summed E-state index contributed by atoms with van der Waals surface area (Å²) >= 11 is 0. The molecule has 0 saturated heterocycles. The molecule has 0 spiro atoms. The first-order valence-corrected chi connectivity index (χ1v) is 8.87. The molecule has 1 amide bonds. The molecule has 1 aromatic carbocycles. The summed E-state index contributed by atoms with van der Waals surface area (Å²) in [6, 6.07) is 5.32. The van der Waals surface area contributed by atoms with Crippen molar-refractivity contribution in [3.8, 4) is 0 Å². The molecule has 7 heteroatoms. The molecule has 0 aliphatic heterocycles. The van der Waals surface area contributed by atoms with Crippen molar-refractivity contribution in [3.63, 3.8) is 0 Å². The Hall–Kier alpha value is -1.89. The summed E-state index contributed by atoms with van der Waals surface area (Å²) < 4.78 is 23.4. The van der Waals surface area contributed by atoms with E-state index in [2.05, 4.69) is 5.32 Å². The van der Waals surface area contributed by atoms with E-state index >= 15 is 0 Å². The molecule has 1 aliphatic rings. The molecule has 22 heavy (non-hydrogen) atoms. The second-order valence-corrected chi connectivity index (χ2v) is 7.66. The van der Waals surface area contributed by atoms with Gasteiger partial charge in [0.2, 0.25) is 0 Å². The number of carboxylic acids is 1. The lowest BCUT2D eigenvalue weighted by Gasteiger charge is -2.17. The molecule has 1 saturated carbocycles. The Labute approximate surface area is 129 Å². The number of amides is 1. The van der Waals surface area contributed by atoms with Gasteiger partial charge in [0.1, 0.15) is 0 Å². The van der Waals surface area contributed by atoms with E-state index < -0.39 is 21.7 Å². The van der Waals surface area contributed by atoms with Gasteiger partial charge in [0.15, 0.2) is 9.84 Å². The largest absolute Gasteiger partial charge is 0.481 e. The summed E-state index contributed by atoms with van der Waals surface area (Å²) in [6.07, 6.45) is 1.98. The van der Waals surface area contributed by atoms with Crippen molar-refractivity contribution in [2.75, 3.05) is 5.75 Å². The minimum atomic E-state index is -3.29. The molecule has 0 unspecified atom stereocenters. The second kappa shape index (κ2) is 6.48. The predicted octanol–water partition coefficient (Wildman–Crippen LogP) is 1.46. The molecule has 0 radical (unpaired) electrons. The Kier molecular flexibility index (Phi) is 4.85. The van der Waals surface area contributed by atoms with Crippen LogP contribution in [-0.4, -0.2) is 37.2 Å². The monoisotopic (exact) mass is 325 g/mol. The maximum atomic E-state index is 12.1. The summed E-state index contributed by atoms with van der Waals surface area (Å²) in [5.74, 6) is -1.82. The zero-order chi connectivity index (χ0) is 16.3. The van der Waals surface area contributed by atoms with Gasteiger partial charge in [-0.05, 0) is 37.1 Å². The van der Waals surface area contributed by atoms with Crippen LogP contribution >= 0.6 is 0 Å². The van der Waals surface area contributed by atoms with Gasteiger partial charge >= 0.3 is 5.97 Å². The minimum absolute atomic E-state index is 0.000902. The summed E-state index contributed by atoms with van der Waals surface area (Å²) in [6.45, 7) is 1.56. The third-order valence-corrected chi connectivity index (χ3v) is 5.76. The van der Waals surface area contributed by atoms with E-state index in [1.54, 1.807) is 6.92 Å². The normalized spacial score (nSPS) is 21.5. The van der Waals surface area contributed by atoms with Gasteiger partial charge in [-0.3, -0.25) is 9.59 Å². The average molecular weight is 325 g/mol. The predicted molar refractivity (Wildman–Crippen MR) is 80.4 cm³/mol. The van der Waals surface area contributed by atoms with Gasteiger partial charge in [-0.2, -0.15) is 0 Å². The Bertz CT molecular complexity index is 666. The first-order chi connectivity index (χ1) is 10.3. The van der Waals surface area contributed by atoms with Gasteiger partial charge in [-0.25, -0.2) is 8.42 Å². The molecule has 2 rings (SSSR count). The molecule has 2 atom stereocenters. The van der Waals surface area contributed by atoms with E-state index in [0.717, 1.165) is 6.42 Å². The van der Waals surface area contributed by atoms with Crippen molar-refractivity contribution in [2.24, 2.45) is 5.92 Å². The number of nitrogens with one attached hydrogen (secondary N) is 1. The molecule has 0 heterocycles. The molecule has 2 N–H and O–H groups in total. The van der Waals surface area contributed by atoms with Gasteiger partial charge in [0, 0.05) is 11.6 Å². The van der Waals surface area contributed by atoms with Crippen LogP contribution in [0.5, 0.6) is 0 Å². The van der Waals surface area contributed by atoms with Crippen LogP contribution in [0.3, 0.4) is 0 Å². The van der Waals surface area contributed by atoms with E-state index in [0.29, 0.717) is 18.4 Å². The number of hydrogen-bond acceptors (Lipinski definition) is 4. The zero-order valence-electron chi connectivity index (χ0n) is 12.3. The number of rotatable bonds is 5. The maximum absolute atomic E-state index is 12.1. The molecule has 1 aromatic rings. The van der Waals surface area contributed by atoms with Crippen LogP contribution in [0.1, 0.15) is 36.5 Å². The fraction of sp³-hybridized carbons (Fsp3) is 0.467. The van der Waals surface area contributed by atoms with Crippen LogP contribution in [0.15, 0.2) is 29.2 Å². The lowest BCUT2D eigenvalue weighted by molar-refractivity contribution is -0.142. The summed E-state index contributed by atoms with van der Waals surface area (Å²) in [5.41, 5.74) is 0.325. The Morgan fingerprint density at radius 3 is 2.41 bits per heavy atom. The number of carboxylic acid groups (broad SMARTS) is 1. The fourth-order valence-corrected chi connectivity index (χ4v) is 3.54. The van der Waals surface area contributed by atoms with Crippen LogP contribution in [0, 0.1) is 5.92 Å².